The molecule has 2 aromatic carbocycles. The van der Waals surface area contributed by atoms with E-state index < -0.39 is 24.0 Å². The second-order valence-electron chi connectivity index (χ2n) is 7.02. The van der Waals surface area contributed by atoms with Gasteiger partial charge in [0.1, 0.15) is 11.4 Å². The van der Waals surface area contributed by atoms with E-state index >= 15 is 0 Å². The number of aromatic amines is 1. The monoisotopic (exact) mass is 461 g/mol. The minimum atomic E-state index is -4.59. The predicted molar refractivity (Wildman–Crippen MR) is 115 cm³/mol. The number of H-pyrrole nitrogens is 1. The third-order valence-electron chi connectivity index (χ3n) is 4.76. The van der Waals surface area contributed by atoms with Crippen LogP contribution in [0.5, 0.6) is 5.75 Å². The van der Waals surface area contributed by atoms with Crippen LogP contribution in [-0.4, -0.2) is 27.3 Å². The molecule has 0 aliphatic carbocycles. The Labute approximate surface area is 183 Å². The number of fused-ring (bicyclic) bond motifs is 1. The summed E-state index contributed by atoms with van der Waals surface area (Å²) in [5.74, 6) is -0.253. The third-order valence-corrected chi connectivity index (χ3v) is 5.09. The van der Waals surface area contributed by atoms with Crippen LogP contribution >= 0.6 is 11.6 Å². The average Bonchev–Trinajstić information content (AvgIpc) is 2.72. The normalized spacial score (nSPS) is 11.7. The number of halogens is 4. The van der Waals surface area contributed by atoms with Crippen molar-refractivity contribution in [2.75, 3.05) is 6.61 Å². The fraction of sp³-hybridized carbons (Fsp3) is 0.136. The van der Waals surface area contributed by atoms with Crippen LogP contribution in [0, 0.1) is 6.92 Å². The first-order valence-electron chi connectivity index (χ1n) is 9.34. The van der Waals surface area contributed by atoms with E-state index in [0.29, 0.717) is 20.7 Å². The zero-order valence-corrected chi connectivity index (χ0v) is 17.3. The molecule has 32 heavy (non-hydrogen) atoms. The summed E-state index contributed by atoms with van der Waals surface area (Å²) in [4.78, 5) is 32.5. The van der Waals surface area contributed by atoms with Gasteiger partial charge in [-0.1, -0.05) is 35.9 Å². The van der Waals surface area contributed by atoms with E-state index in [1.807, 2.05) is 0 Å². The Balaban J connectivity index is 1.88. The molecule has 0 fully saturated rings. The van der Waals surface area contributed by atoms with Gasteiger partial charge in [-0.2, -0.15) is 13.2 Å². The van der Waals surface area contributed by atoms with E-state index in [1.54, 1.807) is 36.4 Å². The Morgan fingerprint density at radius 2 is 1.88 bits per heavy atom. The van der Waals surface area contributed by atoms with Gasteiger partial charge in [0.2, 0.25) is 0 Å². The summed E-state index contributed by atoms with van der Waals surface area (Å²) in [6.07, 6.45) is -2.20. The van der Waals surface area contributed by atoms with Crippen LogP contribution < -0.4 is 16.0 Å². The number of hydrogen-bond donors (Lipinski definition) is 1. The van der Waals surface area contributed by atoms with Crippen molar-refractivity contribution in [3.05, 3.63) is 86.3 Å². The van der Waals surface area contributed by atoms with E-state index in [-0.39, 0.29) is 27.9 Å². The summed E-state index contributed by atoms with van der Waals surface area (Å²) in [6, 6.07) is 11.9. The lowest BCUT2D eigenvalue weighted by atomic mass is 10.0. The van der Waals surface area contributed by atoms with Crippen LogP contribution in [-0.2, 0) is 0 Å². The second-order valence-corrected chi connectivity index (χ2v) is 7.43. The molecule has 0 aliphatic rings. The molecule has 4 rings (SSSR count). The van der Waals surface area contributed by atoms with Gasteiger partial charge in [-0.25, -0.2) is 9.36 Å². The molecule has 0 saturated heterocycles. The van der Waals surface area contributed by atoms with Gasteiger partial charge in [-0.15, -0.1) is 0 Å². The van der Waals surface area contributed by atoms with Crippen LogP contribution in [0.2, 0.25) is 5.02 Å². The zero-order chi connectivity index (χ0) is 23.0. The van der Waals surface area contributed by atoms with Crippen molar-refractivity contribution in [1.29, 1.82) is 0 Å². The third kappa shape index (κ3) is 4.11. The molecule has 2 heterocycles. The highest BCUT2D eigenvalue weighted by atomic mass is 35.5. The predicted octanol–water partition coefficient (Wildman–Crippen LogP) is 4.64. The first-order chi connectivity index (χ1) is 15.2. The average molecular weight is 462 g/mol. The topological polar surface area (TPSA) is 77.0 Å². The number of benzene rings is 2. The molecule has 6 nitrogen and oxygen atoms in total. The number of ether oxygens (including phenoxy) is 1. The van der Waals surface area contributed by atoms with Gasteiger partial charge in [0, 0.05) is 22.3 Å². The van der Waals surface area contributed by atoms with Gasteiger partial charge in [0.05, 0.1) is 17.1 Å². The summed E-state index contributed by atoms with van der Waals surface area (Å²) in [7, 11) is 0. The molecule has 0 saturated carbocycles. The maximum Gasteiger partial charge on any atom is 0.422 e. The molecule has 0 aliphatic heterocycles. The van der Waals surface area contributed by atoms with E-state index in [1.165, 1.54) is 19.2 Å². The summed E-state index contributed by atoms with van der Waals surface area (Å²) in [5.41, 5.74) is 0.146. The van der Waals surface area contributed by atoms with Gasteiger partial charge in [0.15, 0.2) is 6.61 Å². The summed E-state index contributed by atoms with van der Waals surface area (Å²) >= 11 is 6.23. The summed E-state index contributed by atoms with van der Waals surface area (Å²) < 4.78 is 43.7. The van der Waals surface area contributed by atoms with E-state index in [2.05, 4.69) is 9.97 Å². The molecule has 2 aromatic heterocycles. The molecule has 10 heteroatoms. The number of nitrogens with zero attached hydrogens (tertiary/aromatic N) is 2. The SMILES string of the molecule is Cc1cncc(-n2c(=O)[nH]c3cc(-c4ccccc4Cl)ccc3c2=O)c1OCC(F)(F)F. The van der Waals surface area contributed by atoms with E-state index in [0.717, 1.165) is 6.20 Å². The van der Waals surface area contributed by atoms with Crippen molar-refractivity contribution in [1.82, 2.24) is 14.5 Å². The second kappa shape index (κ2) is 8.16. The Hall–Kier alpha value is -3.59. The first kappa shape index (κ1) is 21.6. The minimum Gasteiger partial charge on any atom is -0.482 e. The Kier molecular flexibility index (Phi) is 5.52. The number of hydrogen-bond acceptors (Lipinski definition) is 4. The van der Waals surface area contributed by atoms with Crippen molar-refractivity contribution < 1.29 is 17.9 Å². The van der Waals surface area contributed by atoms with Gasteiger partial charge >= 0.3 is 11.9 Å². The maximum absolute atomic E-state index is 13.1. The summed E-state index contributed by atoms with van der Waals surface area (Å²) in [6.45, 7) is -0.107. The minimum absolute atomic E-state index is 0.156. The summed E-state index contributed by atoms with van der Waals surface area (Å²) in [5, 5.41) is 0.656. The van der Waals surface area contributed by atoms with E-state index in [4.69, 9.17) is 16.3 Å². The fourth-order valence-corrected chi connectivity index (χ4v) is 3.58. The van der Waals surface area contributed by atoms with Crippen LogP contribution in [0.25, 0.3) is 27.7 Å². The number of pyridine rings is 1. The van der Waals surface area contributed by atoms with Crippen LogP contribution in [0.15, 0.2) is 64.4 Å². The zero-order valence-electron chi connectivity index (χ0n) is 16.5. The molecule has 0 amide bonds. The van der Waals surface area contributed by atoms with E-state index in [9.17, 15) is 22.8 Å². The molecule has 164 valence electrons. The number of rotatable bonds is 4. The maximum atomic E-state index is 13.1. The van der Waals surface area contributed by atoms with Crippen LogP contribution in [0.4, 0.5) is 13.2 Å². The molecule has 4 aromatic rings. The smallest absolute Gasteiger partial charge is 0.422 e. The van der Waals surface area contributed by atoms with Crippen LogP contribution in [0.3, 0.4) is 0 Å². The van der Waals surface area contributed by atoms with Gasteiger partial charge in [-0.3, -0.25) is 9.78 Å². The van der Waals surface area contributed by atoms with Gasteiger partial charge < -0.3 is 9.72 Å². The largest absolute Gasteiger partial charge is 0.482 e. The number of aromatic nitrogens is 3. The van der Waals surface area contributed by atoms with Crippen LogP contribution in [0.1, 0.15) is 5.56 Å². The molecule has 0 spiro atoms. The fourth-order valence-electron chi connectivity index (χ4n) is 3.34. The number of nitrogens with one attached hydrogen (secondary N) is 1. The molecule has 0 atom stereocenters. The standard InChI is InChI=1S/C22H15ClF3N3O3/c1-12-9-27-10-18(19(12)32-11-22(24,25)26)29-20(30)15-7-6-13(8-17(15)28-21(29)31)14-4-2-3-5-16(14)23/h2-10H,11H2,1H3,(H,28,31). The van der Waals surface area contributed by atoms with Crippen molar-refractivity contribution in [3.63, 3.8) is 0 Å². The highest BCUT2D eigenvalue weighted by molar-refractivity contribution is 6.33. The van der Waals surface area contributed by atoms with Crippen molar-refractivity contribution in [3.8, 4) is 22.6 Å². The first-order valence-corrected chi connectivity index (χ1v) is 9.72. The highest BCUT2D eigenvalue weighted by Crippen LogP contribution is 2.30. The molecular weight excluding hydrogens is 447 g/mol. The molecule has 0 radical (unpaired) electrons. The van der Waals surface area contributed by atoms with Gasteiger partial charge in [0.25, 0.3) is 5.56 Å². The molecule has 0 unspecified atom stereocenters. The Morgan fingerprint density at radius 3 is 2.59 bits per heavy atom. The lowest BCUT2D eigenvalue weighted by Gasteiger charge is -2.16. The number of alkyl halides is 3. The lowest BCUT2D eigenvalue weighted by molar-refractivity contribution is -0.153. The molecule has 1 N–H and O–H groups in total. The quantitative estimate of drug-likeness (QED) is 0.480. The Morgan fingerprint density at radius 1 is 1.12 bits per heavy atom. The lowest BCUT2D eigenvalue weighted by Crippen LogP contribution is -2.34. The van der Waals surface area contributed by atoms with Crippen molar-refractivity contribution in [2.24, 2.45) is 0 Å². The van der Waals surface area contributed by atoms with Crippen molar-refractivity contribution >= 4 is 22.5 Å². The Bertz CT molecular complexity index is 1440. The van der Waals surface area contributed by atoms with Crippen molar-refractivity contribution in [2.45, 2.75) is 13.1 Å². The van der Waals surface area contributed by atoms with Gasteiger partial charge in [-0.05, 0) is 30.7 Å². The number of aryl methyl sites for hydroxylation is 1. The molecule has 0 bridgehead atoms. The highest BCUT2D eigenvalue weighted by Gasteiger charge is 2.29. The molecular formula is C22H15ClF3N3O3.